The molecule has 0 N–H and O–H groups in total. The Morgan fingerprint density at radius 2 is 1.76 bits per heavy atom. The average Bonchev–Trinajstić information content (AvgIpc) is 2.96. The van der Waals surface area contributed by atoms with E-state index in [0.29, 0.717) is 0 Å². The van der Waals surface area contributed by atoms with Gasteiger partial charge in [0.2, 0.25) is 0 Å². The van der Waals surface area contributed by atoms with Crippen LogP contribution in [0.5, 0.6) is 0 Å². The van der Waals surface area contributed by atoms with E-state index >= 15 is 0 Å². The molecule has 3 aromatic rings. The van der Waals surface area contributed by atoms with Crippen molar-refractivity contribution in [1.82, 2.24) is 4.57 Å². The van der Waals surface area contributed by atoms with Gasteiger partial charge in [-0.25, -0.2) is 0 Å². The number of unbranched alkanes of at least 4 members (excludes halogenated alkanes) is 3. The summed E-state index contributed by atoms with van der Waals surface area (Å²) in [5, 5.41) is 1.14. The molecule has 0 bridgehead atoms. The summed E-state index contributed by atoms with van der Waals surface area (Å²) < 4.78 is 2.17. The molecule has 0 saturated heterocycles. The molecule has 2 heterocycles. The first-order chi connectivity index (χ1) is 12.3. The van der Waals surface area contributed by atoms with E-state index in [1.807, 2.05) is 29.2 Å². The van der Waals surface area contributed by atoms with E-state index in [-0.39, 0.29) is 5.91 Å². The lowest BCUT2D eigenvalue weighted by Gasteiger charge is -2.22. The number of rotatable bonds is 5. The summed E-state index contributed by atoms with van der Waals surface area (Å²) in [4.78, 5) is 15.3. The second-order valence-corrected chi connectivity index (χ2v) is 6.82. The summed E-state index contributed by atoms with van der Waals surface area (Å²) in [5.41, 5.74) is 4.21. The Hall–Kier alpha value is -2.55. The van der Waals surface area contributed by atoms with Gasteiger partial charge in [0.05, 0.1) is 6.54 Å². The van der Waals surface area contributed by atoms with Gasteiger partial charge < -0.3 is 9.47 Å². The van der Waals surface area contributed by atoms with Crippen LogP contribution in [0.4, 0.5) is 5.69 Å². The van der Waals surface area contributed by atoms with Gasteiger partial charge in [0, 0.05) is 23.1 Å². The number of hydrogen-bond acceptors (Lipinski definition) is 1. The van der Waals surface area contributed by atoms with Gasteiger partial charge in [0.15, 0.2) is 0 Å². The number of aromatic nitrogens is 1. The van der Waals surface area contributed by atoms with Crippen molar-refractivity contribution in [2.45, 2.75) is 39.2 Å². The molecule has 3 nitrogen and oxygen atoms in total. The van der Waals surface area contributed by atoms with Crippen LogP contribution in [0.15, 0.2) is 54.6 Å². The standard InChI is InChI=1S/C22H24N2O/c1-2-3-4-9-14-23-20-13-8-6-11-18(20)16-24-19-12-7-5-10-17(19)15-21(24)22(23)25/h5-8,10-13,15H,2-4,9,14,16H2,1H3. The number of carbonyl (C=O) groups is 1. The van der Waals surface area contributed by atoms with Crippen LogP contribution in [-0.2, 0) is 6.54 Å². The molecule has 2 aromatic carbocycles. The van der Waals surface area contributed by atoms with Crippen molar-refractivity contribution >= 4 is 22.5 Å². The SMILES string of the molecule is CCCCCCN1C(=O)c2cc3ccccc3n2Cc2ccccc21. The zero-order valence-electron chi connectivity index (χ0n) is 14.7. The fourth-order valence-corrected chi connectivity index (χ4v) is 3.80. The van der Waals surface area contributed by atoms with Gasteiger partial charge in [0.1, 0.15) is 5.69 Å². The molecule has 128 valence electrons. The van der Waals surface area contributed by atoms with Crippen molar-refractivity contribution in [3.63, 3.8) is 0 Å². The summed E-state index contributed by atoms with van der Waals surface area (Å²) in [6.45, 7) is 3.75. The number of carbonyl (C=O) groups excluding carboxylic acids is 1. The fourth-order valence-electron chi connectivity index (χ4n) is 3.80. The highest BCUT2D eigenvalue weighted by Gasteiger charge is 2.27. The Balaban J connectivity index is 1.78. The number of para-hydroxylation sites is 2. The first kappa shape index (κ1) is 15.9. The quantitative estimate of drug-likeness (QED) is 0.587. The maximum atomic E-state index is 13.3. The minimum atomic E-state index is 0.123. The topological polar surface area (TPSA) is 25.2 Å². The zero-order chi connectivity index (χ0) is 17.2. The fraction of sp³-hybridized carbons (Fsp3) is 0.318. The van der Waals surface area contributed by atoms with Gasteiger partial charge in [0.25, 0.3) is 5.91 Å². The maximum absolute atomic E-state index is 13.3. The van der Waals surface area contributed by atoms with Crippen molar-refractivity contribution in [3.8, 4) is 0 Å². The maximum Gasteiger partial charge on any atom is 0.274 e. The molecule has 3 heteroatoms. The van der Waals surface area contributed by atoms with Crippen molar-refractivity contribution in [2.75, 3.05) is 11.4 Å². The Morgan fingerprint density at radius 1 is 0.960 bits per heavy atom. The zero-order valence-corrected chi connectivity index (χ0v) is 14.7. The Morgan fingerprint density at radius 3 is 2.64 bits per heavy atom. The lowest BCUT2D eigenvalue weighted by molar-refractivity contribution is 0.0980. The molecule has 0 saturated carbocycles. The van der Waals surface area contributed by atoms with E-state index < -0.39 is 0 Å². The molecule has 1 aliphatic rings. The Kier molecular flexibility index (Phi) is 4.31. The lowest BCUT2D eigenvalue weighted by atomic mass is 10.1. The van der Waals surface area contributed by atoms with Crippen LogP contribution in [0.3, 0.4) is 0 Å². The molecule has 0 aliphatic carbocycles. The molecule has 0 unspecified atom stereocenters. The lowest BCUT2D eigenvalue weighted by Crippen LogP contribution is -2.32. The summed E-state index contributed by atoms with van der Waals surface area (Å²) in [6.07, 6.45) is 4.66. The normalized spacial score (nSPS) is 13.6. The monoisotopic (exact) mass is 332 g/mol. The molecule has 1 amide bonds. The van der Waals surface area contributed by atoms with Crippen molar-refractivity contribution < 1.29 is 4.79 Å². The third-order valence-corrected chi connectivity index (χ3v) is 5.12. The number of hydrogen-bond donors (Lipinski definition) is 0. The van der Waals surface area contributed by atoms with Crippen LogP contribution in [0.25, 0.3) is 10.9 Å². The van der Waals surface area contributed by atoms with E-state index in [1.165, 1.54) is 24.8 Å². The number of anilines is 1. The summed E-state index contributed by atoms with van der Waals surface area (Å²) >= 11 is 0. The van der Waals surface area contributed by atoms with Gasteiger partial charge >= 0.3 is 0 Å². The van der Waals surface area contributed by atoms with Crippen LogP contribution >= 0.6 is 0 Å². The predicted octanol–water partition coefficient (Wildman–Crippen LogP) is 5.23. The van der Waals surface area contributed by atoms with E-state index in [1.54, 1.807) is 0 Å². The molecule has 0 atom stereocenters. The van der Waals surface area contributed by atoms with Crippen molar-refractivity contribution in [1.29, 1.82) is 0 Å². The van der Waals surface area contributed by atoms with E-state index in [2.05, 4.69) is 41.8 Å². The van der Waals surface area contributed by atoms with Crippen molar-refractivity contribution in [2.24, 2.45) is 0 Å². The molecular formula is C22H24N2O. The molecular weight excluding hydrogens is 308 g/mol. The summed E-state index contributed by atoms with van der Waals surface area (Å²) in [5.74, 6) is 0.123. The predicted molar refractivity (Wildman–Crippen MR) is 103 cm³/mol. The second-order valence-electron chi connectivity index (χ2n) is 6.82. The van der Waals surface area contributed by atoms with E-state index in [9.17, 15) is 4.79 Å². The first-order valence-electron chi connectivity index (χ1n) is 9.27. The summed E-state index contributed by atoms with van der Waals surface area (Å²) in [7, 11) is 0. The van der Waals surface area contributed by atoms with Crippen LogP contribution in [0.2, 0.25) is 0 Å². The van der Waals surface area contributed by atoms with Crippen LogP contribution in [0, 0.1) is 0 Å². The molecule has 0 fully saturated rings. The highest BCUT2D eigenvalue weighted by molar-refractivity contribution is 6.09. The minimum Gasteiger partial charge on any atom is -0.332 e. The number of fused-ring (bicyclic) bond motifs is 4. The second kappa shape index (κ2) is 6.75. The van der Waals surface area contributed by atoms with Crippen LogP contribution in [0.1, 0.15) is 48.7 Å². The molecule has 4 rings (SSSR count). The molecule has 0 spiro atoms. The Bertz CT molecular complexity index is 909. The number of benzene rings is 2. The van der Waals surface area contributed by atoms with Gasteiger partial charge in [-0.05, 0) is 30.2 Å². The van der Waals surface area contributed by atoms with Gasteiger partial charge in [-0.3, -0.25) is 4.79 Å². The third-order valence-electron chi connectivity index (χ3n) is 5.12. The van der Waals surface area contributed by atoms with E-state index in [4.69, 9.17) is 0 Å². The van der Waals surface area contributed by atoms with Gasteiger partial charge in [-0.2, -0.15) is 0 Å². The van der Waals surface area contributed by atoms with Gasteiger partial charge in [-0.1, -0.05) is 62.6 Å². The third kappa shape index (κ3) is 2.84. The smallest absolute Gasteiger partial charge is 0.274 e. The molecule has 0 radical (unpaired) electrons. The highest BCUT2D eigenvalue weighted by atomic mass is 16.2. The number of amides is 1. The molecule has 1 aliphatic heterocycles. The number of nitrogens with zero attached hydrogens (tertiary/aromatic N) is 2. The largest absolute Gasteiger partial charge is 0.332 e. The minimum absolute atomic E-state index is 0.123. The molecule has 1 aromatic heterocycles. The summed E-state index contributed by atoms with van der Waals surface area (Å²) in [6, 6.07) is 18.6. The van der Waals surface area contributed by atoms with Crippen molar-refractivity contribution in [3.05, 3.63) is 65.9 Å². The van der Waals surface area contributed by atoms with Crippen LogP contribution < -0.4 is 4.90 Å². The van der Waals surface area contributed by atoms with Gasteiger partial charge in [-0.15, -0.1) is 0 Å². The first-order valence-corrected chi connectivity index (χ1v) is 9.27. The van der Waals surface area contributed by atoms with E-state index in [0.717, 1.165) is 41.8 Å². The Labute approximate surface area is 148 Å². The average molecular weight is 332 g/mol. The molecule has 25 heavy (non-hydrogen) atoms. The highest BCUT2D eigenvalue weighted by Crippen LogP contribution is 2.31. The van der Waals surface area contributed by atoms with Crippen LogP contribution in [-0.4, -0.2) is 17.0 Å².